The maximum atomic E-state index is 13.6. The molecule has 152 valence electrons. The minimum Gasteiger partial charge on any atom is -0.353 e. The maximum absolute atomic E-state index is 13.6. The number of aromatic amines is 2. The summed E-state index contributed by atoms with van der Waals surface area (Å²) >= 11 is 1.71. The van der Waals surface area contributed by atoms with Crippen molar-refractivity contribution in [3.8, 4) is 21.7 Å². The van der Waals surface area contributed by atoms with Crippen LogP contribution in [0.25, 0.3) is 60.1 Å². The Hall–Kier alpha value is -4.09. The molecule has 0 fully saturated rings. The SMILES string of the molecule is O=c1c2ccccc2[nH]c2c(-c3c(-c4cccs4)[nH]c4ccccc34)c3ccccc3n12. The van der Waals surface area contributed by atoms with Crippen molar-refractivity contribution in [1.82, 2.24) is 14.4 Å². The molecule has 4 heterocycles. The molecule has 0 radical (unpaired) electrons. The fourth-order valence-corrected chi connectivity index (χ4v) is 5.59. The lowest BCUT2D eigenvalue weighted by Crippen LogP contribution is -2.13. The highest BCUT2D eigenvalue weighted by Crippen LogP contribution is 2.44. The van der Waals surface area contributed by atoms with Gasteiger partial charge >= 0.3 is 0 Å². The quantitative estimate of drug-likeness (QED) is 0.310. The van der Waals surface area contributed by atoms with E-state index in [-0.39, 0.29) is 5.56 Å². The Bertz CT molecular complexity index is 1850. The normalized spacial score (nSPS) is 11.9. The van der Waals surface area contributed by atoms with Gasteiger partial charge in [0.25, 0.3) is 5.56 Å². The van der Waals surface area contributed by atoms with Crippen LogP contribution in [-0.4, -0.2) is 14.4 Å². The molecule has 0 aliphatic heterocycles. The third kappa shape index (κ3) is 2.28. The van der Waals surface area contributed by atoms with Crippen molar-refractivity contribution in [1.29, 1.82) is 0 Å². The highest BCUT2D eigenvalue weighted by molar-refractivity contribution is 7.13. The second-order valence-corrected chi connectivity index (χ2v) is 8.90. The summed E-state index contributed by atoms with van der Waals surface area (Å²) in [6.45, 7) is 0. The van der Waals surface area contributed by atoms with Crippen LogP contribution in [-0.2, 0) is 0 Å². The summed E-state index contributed by atoms with van der Waals surface area (Å²) in [7, 11) is 0. The summed E-state index contributed by atoms with van der Waals surface area (Å²) in [4.78, 5) is 22.0. The van der Waals surface area contributed by atoms with E-state index in [1.54, 1.807) is 11.3 Å². The van der Waals surface area contributed by atoms with Crippen molar-refractivity contribution >= 4 is 49.7 Å². The number of H-pyrrole nitrogens is 2. The number of benzene rings is 3. The molecule has 0 spiro atoms. The second-order valence-electron chi connectivity index (χ2n) is 7.95. The van der Waals surface area contributed by atoms with Crippen LogP contribution < -0.4 is 5.56 Å². The monoisotopic (exact) mass is 431 g/mol. The number of fused-ring (bicyclic) bond motifs is 5. The van der Waals surface area contributed by atoms with Gasteiger partial charge in [0, 0.05) is 27.4 Å². The lowest BCUT2D eigenvalue weighted by Gasteiger charge is -2.06. The van der Waals surface area contributed by atoms with E-state index in [0.717, 1.165) is 49.8 Å². The third-order valence-corrected chi connectivity index (χ3v) is 7.10. The van der Waals surface area contributed by atoms with Gasteiger partial charge in [-0.3, -0.25) is 9.20 Å². The first-order chi connectivity index (χ1) is 15.8. The Balaban J connectivity index is 1.75. The molecule has 3 aromatic carbocycles. The number of thiophene rings is 1. The van der Waals surface area contributed by atoms with Gasteiger partial charge in [0.05, 0.1) is 27.0 Å². The molecule has 0 atom stereocenters. The Kier molecular flexibility index (Phi) is 3.54. The van der Waals surface area contributed by atoms with E-state index < -0.39 is 0 Å². The van der Waals surface area contributed by atoms with E-state index in [1.165, 1.54) is 4.88 Å². The van der Waals surface area contributed by atoms with E-state index in [0.29, 0.717) is 5.39 Å². The van der Waals surface area contributed by atoms with Crippen LogP contribution in [0.2, 0.25) is 0 Å². The van der Waals surface area contributed by atoms with Crippen LogP contribution in [0.3, 0.4) is 0 Å². The van der Waals surface area contributed by atoms with Crippen molar-refractivity contribution in [3.05, 3.63) is 101 Å². The molecule has 0 aliphatic carbocycles. The predicted octanol–water partition coefficient (Wildman–Crippen LogP) is 6.81. The first-order valence-electron chi connectivity index (χ1n) is 10.5. The molecule has 0 bridgehead atoms. The molecule has 0 unspecified atom stereocenters. The Labute approximate surface area is 186 Å². The fourth-order valence-electron chi connectivity index (χ4n) is 4.86. The number of hydrogen-bond donors (Lipinski definition) is 2. The van der Waals surface area contributed by atoms with Gasteiger partial charge in [-0.25, -0.2) is 0 Å². The van der Waals surface area contributed by atoms with Gasteiger partial charge in [-0.2, -0.15) is 0 Å². The molecule has 32 heavy (non-hydrogen) atoms. The Morgan fingerprint density at radius 3 is 2.12 bits per heavy atom. The molecular weight excluding hydrogens is 414 g/mol. The minimum absolute atomic E-state index is 0.00526. The fraction of sp³-hybridized carbons (Fsp3) is 0. The number of nitrogens with zero attached hydrogens (tertiary/aromatic N) is 1. The molecule has 5 heteroatoms. The van der Waals surface area contributed by atoms with Gasteiger partial charge in [0.1, 0.15) is 5.65 Å². The Morgan fingerprint density at radius 2 is 1.34 bits per heavy atom. The van der Waals surface area contributed by atoms with Crippen molar-refractivity contribution < 1.29 is 0 Å². The van der Waals surface area contributed by atoms with Gasteiger partial charge in [-0.1, -0.05) is 54.6 Å². The third-order valence-electron chi connectivity index (χ3n) is 6.21. The Morgan fingerprint density at radius 1 is 0.656 bits per heavy atom. The summed E-state index contributed by atoms with van der Waals surface area (Å²) in [5.41, 5.74) is 6.88. The summed E-state index contributed by atoms with van der Waals surface area (Å²) in [6.07, 6.45) is 0. The topological polar surface area (TPSA) is 53.1 Å². The maximum Gasteiger partial charge on any atom is 0.266 e. The zero-order valence-corrected chi connectivity index (χ0v) is 17.7. The molecule has 4 nitrogen and oxygen atoms in total. The summed E-state index contributed by atoms with van der Waals surface area (Å²) in [5, 5.41) is 4.97. The molecule has 7 aromatic rings. The van der Waals surface area contributed by atoms with E-state index in [1.807, 2.05) is 52.9 Å². The lowest BCUT2D eigenvalue weighted by atomic mass is 10.00. The zero-order chi connectivity index (χ0) is 21.2. The molecule has 2 N–H and O–H groups in total. The van der Waals surface area contributed by atoms with E-state index in [2.05, 4.69) is 51.7 Å². The highest BCUT2D eigenvalue weighted by atomic mass is 32.1. The summed E-state index contributed by atoms with van der Waals surface area (Å²) in [6, 6.07) is 28.4. The van der Waals surface area contributed by atoms with Gasteiger partial charge in [-0.15, -0.1) is 11.3 Å². The van der Waals surface area contributed by atoms with Gasteiger partial charge < -0.3 is 9.97 Å². The molecule has 0 amide bonds. The molecule has 0 saturated heterocycles. The predicted molar refractivity (Wildman–Crippen MR) is 134 cm³/mol. The second kappa shape index (κ2) is 6.45. The summed E-state index contributed by atoms with van der Waals surface area (Å²) in [5.74, 6) is 0. The first-order valence-corrected chi connectivity index (χ1v) is 11.4. The lowest BCUT2D eigenvalue weighted by molar-refractivity contribution is 1.15. The van der Waals surface area contributed by atoms with Crippen LogP contribution in [0.1, 0.15) is 0 Å². The number of aromatic nitrogens is 3. The van der Waals surface area contributed by atoms with Gasteiger partial charge in [0.2, 0.25) is 0 Å². The molecule has 7 rings (SSSR count). The van der Waals surface area contributed by atoms with Gasteiger partial charge in [0.15, 0.2) is 0 Å². The minimum atomic E-state index is -0.00526. The van der Waals surface area contributed by atoms with Crippen molar-refractivity contribution in [2.75, 3.05) is 0 Å². The van der Waals surface area contributed by atoms with Crippen LogP contribution in [0.5, 0.6) is 0 Å². The van der Waals surface area contributed by atoms with Crippen LogP contribution in [0.15, 0.2) is 95.1 Å². The number of rotatable bonds is 2. The highest BCUT2D eigenvalue weighted by Gasteiger charge is 2.23. The summed E-state index contributed by atoms with van der Waals surface area (Å²) < 4.78 is 1.83. The average molecular weight is 432 g/mol. The van der Waals surface area contributed by atoms with E-state index >= 15 is 0 Å². The number of para-hydroxylation sites is 3. The van der Waals surface area contributed by atoms with Gasteiger partial charge in [-0.05, 0) is 35.7 Å². The molecule has 0 saturated carbocycles. The average Bonchev–Trinajstić information content (AvgIpc) is 3.55. The molecule has 4 aromatic heterocycles. The number of hydrogen-bond acceptors (Lipinski definition) is 2. The van der Waals surface area contributed by atoms with Crippen LogP contribution in [0.4, 0.5) is 0 Å². The van der Waals surface area contributed by atoms with Crippen molar-refractivity contribution in [3.63, 3.8) is 0 Å². The first kappa shape index (κ1) is 17.6. The smallest absolute Gasteiger partial charge is 0.266 e. The van der Waals surface area contributed by atoms with E-state index in [4.69, 9.17) is 0 Å². The zero-order valence-electron chi connectivity index (χ0n) is 16.9. The standard InChI is InChI=1S/C27H17N3OS/c31-27-17-9-2-5-12-20(17)29-26-24(18-10-3-6-13-21(18)30(26)27)23-16-8-1-4-11-19(16)28-25(23)22-14-7-15-32-22/h1-15,28-29H. The molecule has 0 aliphatic rings. The van der Waals surface area contributed by atoms with Crippen molar-refractivity contribution in [2.24, 2.45) is 0 Å². The number of nitrogens with one attached hydrogen (secondary N) is 2. The van der Waals surface area contributed by atoms with E-state index in [9.17, 15) is 4.79 Å². The largest absolute Gasteiger partial charge is 0.353 e. The van der Waals surface area contributed by atoms with Crippen LogP contribution >= 0.6 is 11.3 Å². The molecular formula is C27H17N3OS. The van der Waals surface area contributed by atoms with Crippen molar-refractivity contribution in [2.45, 2.75) is 0 Å². The van der Waals surface area contributed by atoms with Crippen LogP contribution in [0, 0.1) is 0 Å².